The first kappa shape index (κ1) is 24.1. The van der Waals surface area contributed by atoms with Crippen molar-refractivity contribution in [2.75, 3.05) is 7.11 Å². The Morgan fingerprint density at radius 2 is 1.82 bits per heavy atom. The lowest BCUT2D eigenvalue weighted by Crippen LogP contribution is -2.30. The second kappa shape index (κ2) is 10.9. The molecule has 0 saturated heterocycles. The summed E-state index contributed by atoms with van der Waals surface area (Å²) >= 11 is 12.8. The third kappa shape index (κ3) is 5.29. The van der Waals surface area contributed by atoms with Crippen molar-refractivity contribution in [2.45, 2.75) is 18.8 Å². The molecule has 0 aliphatic carbocycles. The van der Waals surface area contributed by atoms with Crippen molar-refractivity contribution in [3.05, 3.63) is 92.9 Å². The summed E-state index contributed by atoms with van der Waals surface area (Å²) in [6.07, 6.45) is 2.66. The highest BCUT2D eigenvalue weighted by atomic mass is 35.5. The average Bonchev–Trinajstić information content (AvgIpc) is 2.80. The predicted molar refractivity (Wildman–Crippen MR) is 123 cm³/mol. The van der Waals surface area contributed by atoms with Crippen molar-refractivity contribution >= 4 is 41.1 Å². The van der Waals surface area contributed by atoms with Crippen LogP contribution in [-0.4, -0.2) is 30.1 Å². The van der Waals surface area contributed by atoms with Crippen LogP contribution in [0.2, 0.25) is 10.0 Å². The largest absolute Gasteiger partial charge is 0.496 e. The van der Waals surface area contributed by atoms with Gasteiger partial charge >= 0.3 is 11.9 Å². The first-order valence-electron chi connectivity index (χ1n) is 9.78. The molecule has 3 rings (SSSR count). The fraction of sp³-hybridized carbons (Fsp3) is 0.167. The zero-order chi connectivity index (χ0) is 24.0. The van der Waals surface area contributed by atoms with Gasteiger partial charge in [0.25, 0.3) is 0 Å². The number of benzene rings is 2. The number of methoxy groups -OCH3 is 1. The van der Waals surface area contributed by atoms with Crippen LogP contribution in [0.3, 0.4) is 0 Å². The van der Waals surface area contributed by atoms with Crippen LogP contribution in [0.5, 0.6) is 5.75 Å². The molecule has 0 radical (unpaired) electrons. The molecule has 2 aromatic rings. The van der Waals surface area contributed by atoms with Crippen molar-refractivity contribution in [3.8, 4) is 5.75 Å². The van der Waals surface area contributed by atoms with Crippen LogP contribution in [0.15, 0.2) is 71.8 Å². The Bertz CT molecular complexity index is 1180. The first-order valence-corrected chi connectivity index (χ1v) is 10.5. The molecule has 170 valence electrons. The predicted octanol–water partition coefficient (Wildman–Crippen LogP) is 4.43. The molecule has 9 heteroatoms. The lowest BCUT2D eigenvalue weighted by Gasteiger charge is -2.29. The standard InChI is InChI=1S/C24H19Cl2NO6/c1-32-19-8-3-2-5-14(19)9-10-18-22(23(29)30)20(21-16(25)6-4-7-17(21)26)15(13-27-18)24(31)33-12-11-28/h2-8,12-13,20,27H,9-10H2,1H3,(H,29,30). The zero-order valence-corrected chi connectivity index (χ0v) is 18.9. The topological polar surface area (TPSA) is 102 Å². The van der Waals surface area contributed by atoms with Gasteiger partial charge in [0.1, 0.15) is 5.75 Å². The third-order valence-electron chi connectivity index (χ3n) is 5.13. The molecule has 0 saturated carbocycles. The molecular formula is C24H19Cl2NO6. The van der Waals surface area contributed by atoms with Crippen LogP contribution in [0.25, 0.3) is 0 Å². The summed E-state index contributed by atoms with van der Waals surface area (Å²) in [7, 11) is 1.56. The molecule has 2 N–H and O–H groups in total. The summed E-state index contributed by atoms with van der Waals surface area (Å²) < 4.78 is 10.1. The van der Waals surface area contributed by atoms with Crippen molar-refractivity contribution in [1.82, 2.24) is 5.32 Å². The molecule has 0 spiro atoms. The summed E-state index contributed by atoms with van der Waals surface area (Å²) in [5, 5.41) is 13.4. The third-order valence-corrected chi connectivity index (χ3v) is 5.79. The van der Waals surface area contributed by atoms with Crippen molar-refractivity contribution in [3.63, 3.8) is 0 Å². The van der Waals surface area contributed by atoms with E-state index >= 15 is 0 Å². The van der Waals surface area contributed by atoms with Gasteiger partial charge in [-0.05, 0) is 36.6 Å². The number of carbonyl (C=O) groups excluding carboxylic acids is 2. The van der Waals surface area contributed by atoms with Gasteiger partial charge in [-0.2, -0.15) is 0 Å². The number of hydrogen-bond acceptors (Lipinski definition) is 6. The van der Waals surface area contributed by atoms with Gasteiger partial charge in [0, 0.05) is 27.5 Å². The second-order valence-electron chi connectivity index (χ2n) is 6.96. The maximum absolute atomic E-state index is 12.6. The van der Waals surface area contributed by atoms with E-state index in [-0.39, 0.29) is 26.8 Å². The number of rotatable bonds is 8. The summed E-state index contributed by atoms with van der Waals surface area (Å²) in [6, 6.07) is 12.1. The minimum absolute atomic E-state index is 0.0741. The van der Waals surface area contributed by atoms with E-state index in [4.69, 9.17) is 32.7 Å². The maximum Gasteiger partial charge on any atom is 0.342 e. The number of ether oxygens (including phenoxy) is 2. The molecule has 0 bridgehead atoms. The number of carboxylic acid groups (broad SMARTS) is 1. The van der Waals surface area contributed by atoms with Crippen LogP contribution in [0.1, 0.15) is 23.5 Å². The SMILES string of the molecule is COc1ccccc1CCC1=C(C(=O)O)C(c2c(Cl)cccc2Cl)C(C(=O)OC=C=O)=CN1. The number of nitrogens with one attached hydrogen (secondary N) is 1. The van der Waals surface area contributed by atoms with Gasteiger partial charge in [0.15, 0.2) is 12.2 Å². The Labute approximate surface area is 199 Å². The molecule has 1 heterocycles. The van der Waals surface area contributed by atoms with Crippen LogP contribution in [0.4, 0.5) is 0 Å². The highest BCUT2D eigenvalue weighted by Crippen LogP contribution is 2.43. The zero-order valence-electron chi connectivity index (χ0n) is 17.4. The Hall–Kier alpha value is -3.51. The number of allylic oxidation sites excluding steroid dienone is 1. The fourth-order valence-electron chi connectivity index (χ4n) is 3.69. The first-order chi connectivity index (χ1) is 15.9. The van der Waals surface area contributed by atoms with E-state index in [2.05, 4.69) is 5.32 Å². The Balaban J connectivity index is 2.10. The summed E-state index contributed by atoms with van der Waals surface area (Å²) in [5.74, 6) is -1.30. The number of aryl methyl sites for hydroxylation is 1. The number of halogens is 2. The van der Waals surface area contributed by atoms with E-state index in [9.17, 15) is 19.5 Å². The molecule has 33 heavy (non-hydrogen) atoms. The van der Waals surface area contributed by atoms with E-state index < -0.39 is 17.9 Å². The van der Waals surface area contributed by atoms with E-state index in [1.807, 2.05) is 24.3 Å². The Morgan fingerprint density at radius 3 is 2.45 bits per heavy atom. The van der Waals surface area contributed by atoms with E-state index in [1.54, 1.807) is 25.3 Å². The summed E-state index contributed by atoms with van der Waals surface area (Å²) in [4.78, 5) is 35.6. The summed E-state index contributed by atoms with van der Waals surface area (Å²) in [6.45, 7) is 0. The maximum atomic E-state index is 12.6. The summed E-state index contributed by atoms with van der Waals surface area (Å²) in [5.41, 5.74) is 1.32. The number of dihydropyridines is 1. The molecule has 7 nitrogen and oxygen atoms in total. The monoisotopic (exact) mass is 487 g/mol. The van der Waals surface area contributed by atoms with Gasteiger partial charge in [0.2, 0.25) is 0 Å². The fourth-order valence-corrected chi connectivity index (χ4v) is 4.31. The molecule has 0 fully saturated rings. The highest BCUT2D eigenvalue weighted by Gasteiger charge is 2.38. The number of carboxylic acids is 1. The number of hydrogen-bond donors (Lipinski definition) is 2. The molecule has 0 amide bonds. The van der Waals surface area contributed by atoms with Crippen molar-refractivity contribution < 1.29 is 29.0 Å². The van der Waals surface area contributed by atoms with Gasteiger partial charge in [0.05, 0.1) is 24.2 Å². The molecule has 1 unspecified atom stereocenters. The second-order valence-corrected chi connectivity index (χ2v) is 7.78. The number of carbonyl (C=O) groups is 2. The lowest BCUT2D eigenvalue weighted by atomic mass is 9.81. The molecule has 2 aromatic carbocycles. The molecule has 1 atom stereocenters. The van der Waals surface area contributed by atoms with Crippen LogP contribution in [0, 0.1) is 0 Å². The minimum Gasteiger partial charge on any atom is -0.496 e. The number of esters is 1. The Morgan fingerprint density at radius 1 is 1.12 bits per heavy atom. The van der Waals surface area contributed by atoms with E-state index in [0.29, 0.717) is 30.6 Å². The molecular weight excluding hydrogens is 469 g/mol. The lowest BCUT2D eigenvalue weighted by molar-refractivity contribution is -0.134. The molecule has 1 aliphatic heterocycles. The average molecular weight is 488 g/mol. The normalized spacial score (nSPS) is 15.1. The van der Waals surface area contributed by atoms with Crippen molar-refractivity contribution in [1.29, 1.82) is 0 Å². The van der Waals surface area contributed by atoms with Crippen LogP contribution >= 0.6 is 23.2 Å². The number of para-hydroxylation sites is 1. The van der Waals surface area contributed by atoms with Crippen molar-refractivity contribution in [2.24, 2.45) is 0 Å². The highest BCUT2D eigenvalue weighted by molar-refractivity contribution is 6.36. The van der Waals surface area contributed by atoms with Gasteiger partial charge in [-0.15, -0.1) is 0 Å². The van der Waals surface area contributed by atoms with Gasteiger partial charge in [-0.3, -0.25) is 0 Å². The quantitative estimate of drug-likeness (QED) is 0.322. The Kier molecular flexibility index (Phi) is 7.96. The molecule has 1 aliphatic rings. The van der Waals surface area contributed by atoms with Gasteiger partial charge in [-0.1, -0.05) is 47.5 Å². The van der Waals surface area contributed by atoms with E-state index in [0.717, 1.165) is 5.56 Å². The van der Waals surface area contributed by atoms with Gasteiger partial charge < -0.3 is 19.9 Å². The minimum atomic E-state index is -1.26. The number of aliphatic carboxylic acids is 1. The smallest absolute Gasteiger partial charge is 0.342 e. The van der Waals surface area contributed by atoms with Crippen LogP contribution in [-0.2, 0) is 25.5 Å². The van der Waals surface area contributed by atoms with Crippen LogP contribution < -0.4 is 10.1 Å². The van der Waals surface area contributed by atoms with Gasteiger partial charge in [-0.25, -0.2) is 14.4 Å². The van der Waals surface area contributed by atoms with E-state index in [1.165, 1.54) is 12.1 Å². The molecule has 0 aromatic heterocycles.